The Morgan fingerprint density at radius 2 is 2.13 bits per heavy atom. The fourth-order valence-electron chi connectivity index (χ4n) is 1.70. The van der Waals surface area contributed by atoms with Crippen LogP contribution in [-0.4, -0.2) is 22.0 Å². The molecule has 1 aliphatic rings. The molecule has 0 aromatic carbocycles. The van der Waals surface area contributed by atoms with Gasteiger partial charge in [-0.3, -0.25) is 14.9 Å². The molecule has 3 rings (SSSR count). The fourth-order valence-corrected chi connectivity index (χ4v) is 1.70. The number of rotatable bonds is 0. The molecule has 0 bridgehead atoms. The molecule has 6 nitrogen and oxygen atoms in total. The van der Waals surface area contributed by atoms with E-state index in [4.69, 9.17) is 4.52 Å². The Balaban J connectivity index is 2.53. The van der Waals surface area contributed by atoms with Crippen molar-refractivity contribution < 1.29 is 14.1 Å². The lowest BCUT2D eigenvalue weighted by Crippen LogP contribution is -2.20. The van der Waals surface area contributed by atoms with E-state index < -0.39 is 11.8 Å². The molecule has 0 fully saturated rings. The van der Waals surface area contributed by atoms with Crippen molar-refractivity contribution in [2.75, 3.05) is 0 Å². The molecule has 0 saturated heterocycles. The molecule has 0 aliphatic carbocycles. The summed E-state index contributed by atoms with van der Waals surface area (Å²) in [5, 5.41) is 6.42. The Morgan fingerprint density at radius 3 is 2.93 bits per heavy atom. The Kier molecular flexibility index (Phi) is 1.30. The lowest BCUT2D eigenvalue weighted by molar-refractivity contribution is 0.0880. The van der Waals surface area contributed by atoms with E-state index in [1.54, 1.807) is 6.92 Å². The number of imide groups is 1. The average Bonchev–Trinajstić information content (AvgIpc) is 2.70. The maximum Gasteiger partial charge on any atom is 0.260 e. The number of carbonyl (C=O) groups excluding carboxylic acids is 2. The minimum atomic E-state index is -0.426. The number of aryl methyl sites for hydroxylation is 1. The van der Waals surface area contributed by atoms with Crippen LogP contribution in [0.1, 0.15) is 26.4 Å². The molecule has 0 saturated carbocycles. The fraction of sp³-hybridized carbons (Fsp3) is 0.111. The number of carbonyl (C=O) groups is 2. The van der Waals surface area contributed by atoms with Crippen molar-refractivity contribution in [3.05, 3.63) is 23.0 Å². The zero-order valence-corrected chi connectivity index (χ0v) is 7.70. The molecule has 15 heavy (non-hydrogen) atoms. The molecule has 2 aromatic rings. The van der Waals surface area contributed by atoms with Gasteiger partial charge in [-0.2, -0.15) is 0 Å². The van der Waals surface area contributed by atoms with Crippen LogP contribution in [0.3, 0.4) is 0 Å². The number of nitrogens with one attached hydrogen (secondary N) is 1. The molecule has 3 heterocycles. The van der Waals surface area contributed by atoms with E-state index >= 15 is 0 Å². The topological polar surface area (TPSA) is 85.1 Å². The molecule has 0 unspecified atom stereocenters. The SMILES string of the molecule is Cc1noc2ncc3c(c12)C(=O)NC3=O. The van der Waals surface area contributed by atoms with Crippen molar-refractivity contribution in [1.82, 2.24) is 15.5 Å². The van der Waals surface area contributed by atoms with Gasteiger partial charge in [-0.05, 0) is 6.92 Å². The first-order valence-electron chi connectivity index (χ1n) is 4.29. The van der Waals surface area contributed by atoms with E-state index in [2.05, 4.69) is 15.5 Å². The molecule has 2 amide bonds. The summed E-state index contributed by atoms with van der Waals surface area (Å²) in [5.41, 5.74) is 1.41. The second kappa shape index (κ2) is 2.41. The summed E-state index contributed by atoms with van der Waals surface area (Å²) < 4.78 is 4.91. The molecule has 1 aliphatic heterocycles. The van der Waals surface area contributed by atoms with Gasteiger partial charge in [0.15, 0.2) is 0 Å². The predicted octanol–water partition coefficient (Wildman–Crippen LogP) is 0.415. The Morgan fingerprint density at radius 1 is 1.33 bits per heavy atom. The predicted molar refractivity (Wildman–Crippen MR) is 48.3 cm³/mol. The number of aromatic nitrogens is 2. The normalized spacial score (nSPS) is 14.5. The van der Waals surface area contributed by atoms with E-state index in [0.29, 0.717) is 16.6 Å². The van der Waals surface area contributed by atoms with Crippen molar-refractivity contribution in [2.24, 2.45) is 0 Å². The van der Waals surface area contributed by atoms with Gasteiger partial charge < -0.3 is 4.52 Å². The smallest absolute Gasteiger partial charge is 0.260 e. The van der Waals surface area contributed by atoms with Crippen molar-refractivity contribution in [3.8, 4) is 0 Å². The average molecular weight is 203 g/mol. The molecular formula is C9H5N3O3. The molecule has 0 atom stereocenters. The third kappa shape index (κ3) is 0.876. The van der Waals surface area contributed by atoms with Crippen LogP contribution in [-0.2, 0) is 0 Å². The van der Waals surface area contributed by atoms with Crippen LogP contribution in [0.25, 0.3) is 11.1 Å². The van der Waals surface area contributed by atoms with Crippen molar-refractivity contribution >= 4 is 22.9 Å². The lowest BCUT2D eigenvalue weighted by Gasteiger charge is -1.93. The quantitative estimate of drug-likeness (QED) is 0.627. The maximum absolute atomic E-state index is 11.5. The first kappa shape index (κ1) is 8.10. The van der Waals surface area contributed by atoms with E-state index in [-0.39, 0.29) is 11.3 Å². The third-order valence-corrected chi connectivity index (χ3v) is 2.37. The number of hydrogen-bond donors (Lipinski definition) is 1. The number of nitrogens with zero attached hydrogens (tertiary/aromatic N) is 2. The van der Waals surface area contributed by atoms with Gasteiger partial charge >= 0.3 is 0 Å². The summed E-state index contributed by atoms with van der Waals surface area (Å²) in [6, 6.07) is 0. The number of amides is 2. The molecule has 6 heteroatoms. The van der Waals surface area contributed by atoms with Crippen molar-refractivity contribution in [2.45, 2.75) is 6.92 Å². The van der Waals surface area contributed by atoms with Gasteiger partial charge in [0.25, 0.3) is 17.5 Å². The monoisotopic (exact) mass is 203 g/mol. The molecule has 1 N–H and O–H groups in total. The molecule has 0 spiro atoms. The second-order valence-corrected chi connectivity index (χ2v) is 3.28. The second-order valence-electron chi connectivity index (χ2n) is 3.28. The van der Waals surface area contributed by atoms with Gasteiger partial charge in [0.05, 0.1) is 22.2 Å². The van der Waals surface area contributed by atoms with E-state index in [1.807, 2.05) is 0 Å². The van der Waals surface area contributed by atoms with Crippen LogP contribution < -0.4 is 5.32 Å². The number of hydrogen-bond acceptors (Lipinski definition) is 5. The highest BCUT2D eigenvalue weighted by Gasteiger charge is 2.31. The summed E-state index contributed by atoms with van der Waals surface area (Å²) in [4.78, 5) is 26.8. The van der Waals surface area contributed by atoms with Crippen LogP contribution in [0.5, 0.6) is 0 Å². The minimum Gasteiger partial charge on any atom is -0.336 e. The zero-order valence-electron chi connectivity index (χ0n) is 7.70. The number of pyridine rings is 1. The van der Waals surface area contributed by atoms with Crippen LogP contribution in [0.4, 0.5) is 0 Å². The van der Waals surface area contributed by atoms with E-state index in [1.165, 1.54) is 6.20 Å². The summed E-state index contributed by atoms with van der Waals surface area (Å²) in [6.07, 6.45) is 1.32. The van der Waals surface area contributed by atoms with Crippen molar-refractivity contribution in [3.63, 3.8) is 0 Å². The van der Waals surface area contributed by atoms with Gasteiger partial charge in [-0.1, -0.05) is 5.16 Å². The van der Waals surface area contributed by atoms with Crippen LogP contribution in [0.15, 0.2) is 10.7 Å². The standard InChI is InChI=1S/C9H5N3O3/c1-3-5-6-4(7(13)11-8(6)14)2-10-9(5)15-12-3/h2H,1H3,(H,11,13,14). The summed E-state index contributed by atoms with van der Waals surface area (Å²) in [5.74, 6) is -0.848. The Bertz CT molecular complexity index is 614. The lowest BCUT2D eigenvalue weighted by atomic mass is 10.1. The largest absolute Gasteiger partial charge is 0.336 e. The molecule has 2 aromatic heterocycles. The zero-order chi connectivity index (χ0) is 10.6. The summed E-state index contributed by atoms with van der Waals surface area (Å²) in [6.45, 7) is 1.70. The van der Waals surface area contributed by atoms with Crippen LogP contribution >= 0.6 is 0 Å². The Hall–Kier alpha value is -2.24. The van der Waals surface area contributed by atoms with Gasteiger partial charge in [-0.15, -0.1) is 0 Å². The maximum atomic E-state index is 11.5. The highest BCUT2D eigenvalue weighted by molar-refractivity contribution is 6.26. The van der Waals surface area contributed by atoms with Crippen LogP contribution in [0, 0.1) is 6.92 Å². The summed E-state index contributed by atoms with van der Waals surface area (Å²) >= 11 is 0. The minimum absolute atomic E-state index is 0.274. The van der Waals surface area contributed by atoms with E-state index in [9.17, 15) is 9.59 Å². The Labute approximate surface area is 83.3 Å². The van der Waals surface area contributed by atoms with Crippen molar-refractivity contribution in [1.29, 1.82) is 0 Å². The molecule has 0 radical (unpaired) electrons. The third-order valence-electron chi connectivity index (χ3n) is 2.37. The molecular weight excluding hydrogens is 198 g/mol. The van der Waals surface area contributed by atoms with Crippen LogP contribution in [0.2, 0.25) is 0 Å². The van der Waals surface area contributed by atoms with Gasteiger partial charge in [0.2, 0.25) is 0 Å². The first-order valence-corrected chi connectivity index (χ1v) is 4.29. The molecule has 74 valence electrons. The van der Waals surface area contributed by atoms with Gasteiger partial charge in [-0.25, -0.2) is 4.98 Å². The van der Waals surface area contributed by atoms with Gasteiger partial charge in [0, 0.05) is 6.20 Å². The summed E-state index contributed by atoms with van der Waals surface area (Å²) in [7, 11) is 0. The highest BCUT2D eigenvalue weighted by Crippen LogP contribution is 2.26. The van der Waals surface area contributed by atoms with Gasteiger partial charge in [0.1, 0.15) is 0 Å². The highest BCUT2D eigenvalue weighted by atomic mass is 16.5. The van der Waals surface area contributed by atoms with E-state index in [0.717, 1.165) is 0 Å². The number of fused-ring (bicyclic) bond motifs is 3. The first-order chi connectivity index (χ1) is 7.18.